The summed E-state index contributed by atoms with van der Waals surface area (Å²) in [7, 11) is 0. The minimum atomic E-state index is -0.820. The lowest BCUT2D eigenvalue weighted by atomic mass is 9.79. The molecule has 0 saturated heterocycles. The third-order valence-electron chi connectivity index (χ3n) is 5.95. The van der Waals surface area contributed by atoms with E-state index in [1.807, 2.05) is 13.0 Å². The van der Waals surface area contributed by atoms with Crippen molar-refractivity contribution in [1.29, 1.82) is 0 Å². The van der Waals surface area contributed by atoms with E-state index in [-0.39, 0.29) is 30.0 Å². The summed E-state index contributed by atoms with van der Waals surface area (Å²) in [6.07, 6.45) is -0.290. The fourth-order valence-electron chi connectivity index (χ4n) is 3.87. The lowest BCUT2D eigenvalue weighted by Crippen LogP contribution is -2.20. The molecule has 1 atom stereocenters. The fraction of sp³-hybridized carbons (Fsp3) is 0.571. The number of ether oxygens (including phenoxy) is 1. The number of rotatable bonds is 8. The Morgan fingerprint density at radius 2 is 1.30 bits per heavy atom. The lowest BCUT2D eigenvalue weighted by molar-refractivity contribution is -0.0203. The Morgan fingerprint density at radius 3 is 1.76 bits per heavy atom. The molecule has 2 aromatic carbocycles. The molecule has 0 aliphatic rings. The first-order valence-corrected chi connectivity index (χ1v) is 12.6. The number of aliphatic hydroxyl groups excluding tert-OH is 3. The molecule has 1 unspecified atom stereocenters. The highest BCUT2D eigenvalue weighted by Gasteiger charge is 2.26. The molecule has 0 spiro atoms. The van der Waals surface area contributed by atoms with Crippen molar-refractivity contribution in [3.63, 3.8) is 0 Å². The summed E-state index contributed by atoms with van der Waals surface area (Å²) >= 11 is 1.73. The molecule has 33 heavy (non-hydrogen) atoms. The highest BCUT2D eigenvalue weighted by molar-refractivity contribution is 7.99. The molecule has 2 aromatic rings. The fourth-order valence-corrected chi connectivity index (χ4v) is 4.90. The number of aliphatic hydroxyl groups is 3. The molecular formula is C28H42O4S. The van der Waals surface area contributed by atoms with Crippen LogP contribution < -0.4 is 4.74 Å². The molecule has 0 aliphatic heterocycles. The Morgan fingerprint density at radius 1 is 0.818 bits per heavy atom. The molecule has 0 aromatic heterocycles. The van der Waals surface area contributed by atoms with Crippen LogP contribution in [0.15, 0.2) is 34.1 Å². The van der Waals surface area contributed by atoms with Gasteiger partial charge in [0, 0.05) is 27.7 Å². The van der Waals surface area contributed by atoms with E-state index in [1.165, 1.54) is 0 Å². The van der Waals surface area contributed by atoms with Gasteiger partial charge in [0.15, 0.2) is 6.29 Å². The SMILES string of the molecule is CCC(O)Oc1cc(C)c(Sc2cc(C(C)(C)C)c(C(CO)CO)cc2C)cc1C(C)(C)C. The smallest absolute Gasteiger partial charge is 0.197 e. The Bertz CT molecular complexity index is 950. The molecule has 0 saturated carbocycles. The average Bonchev–Trinajstić information content (AvgIpc) is 2.70. The average molecular weight is 475 g/mol. The van der Waals surface area contributed by atoms with Gasteiger partial charge in [-0.05, 0) is 65.1 Å². The highest BCUT2D eigenvalue weighted by atomic mass is 32.2. The molecule has 0 radical (unpaired) electrons. The molecule has 0 amide bonds. The van der Waals surface area contributed by atoms with E-state index < -0.39 is 6.29 Å². The molecule has 184 valence electrons. The second-order valence-corrected chi connectivity index (χ2v) is 12.0. The maximum absolute atomic E-state index is 10.1. The van der Waals surface area contributed by atoms with Crippen LogP contribution in [0.3, 0.4) is 0 Å². The summed E-state index contributed by atoms with van der Waals surface area (Å²) < 4.78 is 5.86. The van der Waals surface area contributed by atoms with Gasteiger partial charge in [-0.15, -0.1) is 0 Å². The van der Waals surface area contributed by atoms with Crippen LogP contribution in [-0.2, 0) is 10.8 Å². The second kappa shape index (κ2) is 10.8. The Hall–Kier alpha value is -1.53. The third kappa shape index (κ3) is 6.75. The van der Waals surface area contributed by atoms with Gasteiger partial charge in [-0.3, -0.25) is 0 Å². The largest absolute Gasteiger partial charge is 0.465 e. The standard InChI is InChI=1S/C28H42O4S/c1-10-26(31)32-23-12-18(3)25(14-22(23)28(7,8)9)33-24-13-21(27(4,5)6)20(11-17(24)2)19(15-29)16-30/h11-14,19,26,29-31H,10,15-16H2,1-9H3. The zero-order valence-corrected chi connectivity index (χ0v) is 22.6. The van der Waals surface area contributed by atoms with Crippen molar-refractivity contribution in [3.8, 4) is 5.75 Å². The zero-order valence-electron chi connectivity index (χ0n) is 21.7. The molecule has 4 nitrogen and oxygen atoms in total. The summed E-state index contributed by atoms with van der Waals surface area (Å²) in [6.45, 7) is 18.8. The third-order valence-corrected chi connectivity index (χ3v) is 7.27. The molecule has 0 aliphatic carbocycles. The van der Waals surface area contributed by atoms with E-state index in [1.54, 1.807) is 11.8 Å². The first-order chi connectivity index (χ1) is 15.2. The zero-order chi connectivity index (χ0) is 25.1. The predicted molar refractivity (Wildman–Crippen MR) is 138 cm³/mol. The summed E-state index contributed by atoms with van der Waals surface area (Å²) in [5, 5.41) is 29.7. The van der Waals surface area contributed by atoms with Crippen molar-refractivity contribution in [1.82, 2.24) is 0 Å². The number of hydrogen-bond donors (Lipinski definition) is 3. The topological polar surface area (TPSA) is 69.9 Å². The van der Waals surface area contributed by atoms with E-state index in [0.29, 0.717) is 6.42 Å². The van der Waals surface area contributed by atoms with E-state index in [0.717, 1.165) is 43.4 Å². The summed E-state index contributed by atoms with van der Waals surface area (Å²) in [5.74, 6) is 0.447. The number of aryl methyl sites for hydroxylation is 2. The minimum Gasteiger partial charge on any atom is -0.465 e. The van der Waals surface area contributed by atoms with Crippen molar-refractivity contribution >= 4 is 11.8 Å². The maximum Gasteiger partial charge on any atom is 0.197 e. The Kier molecular flexibility index (Phi) is 9.08. The molecule has 5 heteroatoms. The summed E-state index contributed by atoms with van der Waals surface area (Å²) in [4.78, 5) is 2.30. The first kappa shape index (κ1) is 27.7. The van der Waals surface area contributed by atoms with Gasteiger partial charge < -0.3 is 20.1 Å². The van der Waals surface area contributed by atoms with Gasteiger partial charge >= 0.3 is 0 Å². The van der Waals surface area contributed by atoms with E-state index in [2.05, 4.69) is 73.6 Å². The quantitative estimate of drug-likeness (QED) is 0.396. The molecule has 0 heterocycles. The van der Waals surface area contributed by atoms with Crippen molar-refractivity contribution in [2.24, 2.45) is 0 Å². The second-order valence-electron chi connectivity index (χ2n) is 11.0. The molecule has 2 rings (SSSR count). The van der Waals surface area contributed by atoms with Gasteiger partial charge in [-0.1, -0.05) is 66.3 Å². The number of hydrogen-bond acceptors (Lipinski definition) is 5. The molecule has 0 fully saturated rings. The summed E-state index contributed by atoms with van der Waals surface area (Å²) in [6, 6.07) is 8.56. The Labute approximate surface area is 204 Å². The lowest BCUT2D eigenvalue weighted by Gasteiger charge is -2.28. The van der Waals surface area contributed by atoms with E-state index in [4.69, 9.17) is 4.74 Å². The van der Waals surface area contributed by atoms with Crippen molar-refractivity contribution in [2.45, 2.75) is 102 Å². The normalized spacial score (nSPS) is 13.5. The summed E-state index contributed by atoms with van der Waals surface area (Å²) in [5.41, 5.74) is 5.16. The minimum absolute atomic E-state index is 0.0787. The van der Waals surface area contributed by atoms with E-state index >= 15 is 0 Å². The van der Waals surface area contributed by atoms with Crippen LogP contribution in [-0.4, -0.2) is 34.8 Å². The monoisotopic (exact) mass is 474 g/mol. The Balaban J connectivity index is 2.60. The van der Waals surface area contributed by atoms with Gasteiger partial charge in [0.05, 0.1) is 13.2 Å². The molecular weight excluding hydrogens is 432 g/mol. The van der Waals surface area contributed by atoms with Crippen LogP contribution >= 0.6 is 11.8 Å². The highest BCUT2D eigenvalue weighted by Crippen LogP contribution is 2.42. The van der Waals surface area contributed by atoms with Crippen molar-refractivity contribution in [3.05, 3.63) is 52.1 Å². The predicted octanol–water partition coefficient (Wildman–Crippen LogP) is 6.23. The molecule has 3 N–H and O–H groups in total. The van der Waals surface area contributed by atoms with Gasteiger partial charge in [0.1, 0.15) is 5.75 Å². The van der Waals surface area contributed by atoms with Crippen LogP contribution in [0.1, 0.15) is 88.6 Å². The van der Waals surface area contributed by atoms with Gasteiger partial charge in [-0.2, -0.15) is 0 Å². The van der Waals surface area contributed by atoms with Crippen molar-refractivity contribution in [2.75, 3.05) is 13.2 Å². The van der Waals surface area contributed by atoms with Gasteiger partial charge in [0.25, 0.3) is 0 Å². The van der Waals surface area contributed by atoms with Crippen LogP contribution in [0.4, 0.5) is 0 Å². The van der Waals surface area contributed by atoms with Crippen LogP contribution in [0.2, 0.25) is 0 Å². The van der Waals surface area contributed by atoms with E-state index in [9.17, 15) is 15.3 Å². The van der Waals surface area contributed by atoms with Gasteiger partial charge in [-0.25, -0.2) is 0 Å². The van der Waals surface area contributed by atoms with Crippen LogP contribution in [0.25, 0.3) is 0 Å². The maximum atomic E-state index is 10.1. The van der Waals surface area contributed by atoms with Crippen LogP contribution in [0.5, 0.6) is 5.75 Å². The van der Waals surface area contributed by atoms with Gasteiger partial charge in [0.2, 0.25) is 0 Å². The first-order valence-electron chi connectivity index (χ1n) is 11.8. The van der Waals surface area contributed by atoms with Crippen LogP contribution in [0, 0.1) is 13.8 Å². The van der Waals surface area contributed by atoms with Crippen molar-refractivity contribution < 1.29 is 20.1 Å². The molecule has 0 bridgehead atoms. The number of benzene rings is 2.